The first-order chi connectivity index (χ1) is 8.77. The lowest BCUT2D eigenvalue weighted by molar-refractivity contribution is -0.121. The van der Waals surface area contributed by atoms with Crippen molar-refractivity contribution in [2.24, 2.45) is 0 Å². The normalized spacial score (nSPS) is 12.1. The van der Waals surface area contributed by atoms with E-state index in [9.17, 15) is 13.2 Å². The number of amides is 1. The molecule has 1 amide bonds. The summed E-state index contributed by atoms with van der Waals surface area (Å²) in [7, 11) is -3.72. The van der Waals surface area contributed by atoms with Crippen LogP contribution in [0.5, 0.6) is 0 Å². The van der Waals surface area contributed by atoms with Gasteiger partial charge in [0.2, 0.25) is 5.91 Å². The third kappa shape index (κ3) is 4.41. The van der Waals surface area contributed by atoms with E-state index in [0.717, 1.165) is 15.6 Å². The van der Waals surface area contributed by atoms with Crippen molar-refractivity contribution in [3.8, 4) is 0 Å². The number of halogens is 1. The summed E-state index contributed by atoms with van der Waals surface area (Å²) in [6.45, 7) is 5.27. The van der Waals surface area contributed by atoms with Crippen LogP contribution in [-0.2, 0) is 14.8 Å². The molecule has 1 aromatic rings. The van der Waals surface area contributed by atoms with Crippen LogP contribution in [0.4, 0.5) is 0 Å². The van der Waals surface area contributed by atoms with Gasteiger partial charge in [0.25, 0.3) is 10.0 Å². The topological polar surface area (TPSA) is 79.4 Å². The quantitative estimate of drug-likeness (QED) is 0.855. The van der Waals surface area contributed by atoms with E-state index in [1.165, 1.54) is 6.20 Å². The fraction of sp³-hybridized carbons (Fsp3) is 0.600. The Balaban J connectivity index is 2.87. The molecule has 0 unspecified atom stereocenters. The molecule has 0 saturated carbocycles. The lowest BCUT2D eigenvalue weighted by Crippen LogP contribution is -2.42. The van der Waals surface area contributed by atoms with Gasteiger partial charge in [-0.15, -0.1) is 0 Å². The molecule has 0 spiro atoms. The SMILES string of the molecule is CCN(CC(=O)NC(C)C)S(=O)(=O)c1cnc(Cl)s1. The maximum atomic E-state index is 12.3. The highest BCUT2D eigenvalue weighted by Gasteiger charge is 2.27. The molecular formula is C10H16ClN3O3S2. The summed E-state index contributed by atoms with van der Waals surface area (Å²) < 4.78 is 25.8. The second-order valence-electron chi connectivity index (χ2n) is 4.09. The smallest absolute Gasteiger partial charge is 0.254 e. The van der Waals surface area contributed by atoms with Crippen LogP contribution in [0, 0.1) is 0 Å². The number of nitrogens with one attached hydrogen (secondary N) is 1. The molecule has 1 N–H and O–H groups in total. The van der Waals surface area contributed by atoms with Crippen molar-refractivity contribution in [1.29, 1.82) is 0 Å². The molecule has 0 aliphatic heterocycles. The molecule has 0 atom stereocenters. The van der Waals surface area contributed by atoms with E-state index in [2.05, 4.69) is 10.3 Å². The number of carbonyl (C=O) groups is 1. The van der Waals surface area contributed by atoms with Crippen LogP contribution >= 0.6 is 22.9 Å². The van der Waals surface area contributed by atoms with Crippen LogP contribution in [0.25, 0.3) is 0 Å². The maximum absolute atomic E-state index is 12.3. The van der Waals surface area contributed by atoms with E-state index in [1.54, 1.807) is 6.92 Å². The molecule has 108 valence electrons. The summed E-state index contributed by atoms with van der Waals surface area (Å²) in [6.07, 6.45) is 1.20. The van der Waals surface area contributed by atoms with E-state index in [1.807, 2.05) is 13.8 Å². The second-order valence-corrected chi connectivity index (χ2v) is 7.86. The molecule has 1 aromatic heterocycles. The monoisotopic (exact) mass is 325 g/mol. The van der Waals surface area contributed by atoms with Gasteiger partial charge in [-0.25, -0.2) is 13.4 Å². The van der Waals surface area contributed by atoms with Crippen molar-refractivity contribution in [1.82, 2.24) is 14.6 Å². The van der Waals surface area contributed by atoms with Crippen molar-refractivity contribution in [3.05, 3.63) is 10.7 Å². The highest BCUT2D eigenvalue weighted by atomic mass is 35.5. The lowest BCUT2D eigenvalue weighted by Gasteiger charge is -2.19. The van der Waals surface area contributed by atoms with Crippen molar-refractivity contribution in [3.63, 3.8) is 0 Å². The van der Waals surface area contributed by atoms with E-state index < -0.39 is 10.0 Å². The molecule has 6 nitrogen and oxygen atoms in total. The Labute approximate surface area is 121 Å². The summed E-state index contributed by atoms with van der Waals surface area (Å²) in [5, 5.41) is 2.65. The van der Waals surface area contributed by atoms with Crippen LogP contribution in [0.3, 0.4) is 0 Å². The summed E-state index contributed by atoms with van der Waals surface area (Å²) in [5.41, 5.74) is 0. The molecular weight excluding hydrogens is 310 g/mol. The Morgan fingerprint density at radius 2 is 2.21 bits per heavy atom. The fourth-order valence-electron chi connectivity index (χ4n) is 1.38. The summed E-state index contributed by atoms with van der Waals surface area (Å²) >= 11 is 6.51. The summed E-state index contributed by atoms with van der Waals surface area (Å²) in [4.78, 5) is 15.4. The molecule has 0 aromatic carbocycles. The number of aromatic nitrogens is 1. The number of likely N-dealkylation sites (N-methyl/N-ethyl adjacent to an activating group) is 1. The number of hydrogen-bond acceptors (Lipinski definition) is 5. The van der Waals surface area contributed by atoms with Crippen LogP contribution in [-0.4, -0.2) is 42.7 Å². The van der Waals surface area contributed by atoms with Gasteiger partial charge in [0, 0.05) is 12.6 Å². The number of hydrogen-bond donors (Lipinski definition) is 1. The zero-order valence-corrected chi connectivity index (χ0v) is 13.3. The van der Waals surface area contributed by atoms with Crippen LogP contribution in [0.2, 0.25) is 4.47 Å². The molecule has 0 fully saturated rings. The van der Waals surface area contributed by atoms with Crippen molar-refractivity contribution < 1.29 is 13.2 Å². The molecule has 0 saturated heterocycles. The van der Waals surface area contributed by atoms with Gasteiger partial charge in [-0.1, -0.05) is 29.9 Å². The van der Waals surface area contributed by atoms with Crippen LogP contribution in [0.15, 0.2) is 10.4 Å². The lowest BCUT2D eigenvalue weighted by atomic mass is 10.4. The highest BCUT2D eigenvalue weighted by Crippen LogP contribution is 2.25. The van der Waals surface area contributed by atoms with E-state index in [4.69, 9.17) is 11.6 Å². The first kappa shape index (κ1) is 16.4. The average molecular weight is 326 g/mol. The highest BCUT2D eigenvalue weighted by molar-refractivity contribution is 7.91. The van der Waals surface area contributed by atoms with Crippen LogP contribution in [0.1, 0.15) is 20.8 Å². The van der Waals surface area contributed by atoms with Crippen LogP contribution < -0.4 is 5.32 Å². The Kier molecular flexibility index (Phi) is 5.72. The molecule has 0 radical (unpaired) electrons. The minimum Gasteiger partial charge on any atom is -0.353 e. The first-order valence-corrected chi connectivity index (χ1v) is 8.31. The van der Waals surface area contributed by atoms with E-state index >= 15 is 0 Å². The van der Waals surface area contributed by atoms with Gasteiger partial charge in [0.1, 0.15) is 0 Å². The summed E-state index contributed by atoms with van der Waals surface area (Å²) in [6, 6.07) is -0.0354. The molecule has 19 heavy (non-hydrogen) atoms. The second kappa shape index (κ2) is 6.65. The van der Waals surface area contributed by atoms with Crippen molar-refractivity contribution >= 4 is 38.9 Å². The largest absolute Gasteiger partial charge is 0.353 e. The molecule has 0 aliphatic carbocycles. The van der Waals surface area contributed by atoms with Crippen molar-refractivity contribution in [2.75, 3.05) is 13.1 Å². The number of thiazole rings is 1. The number of sulfonamides is 1. The average Bonchev–Trinajstić information content (AvgIpc) is 2.72. The number of carbonyl (C=O) groups excluding carboxylic acids is 1. The van der Waals surface area contributed by atoms with Gasteiger partial charge in [0.05, 0.1) is 12.7 Å². The van der Waals surface area contributed by atoms with Gasteiger partial charge in [-0.2, -0.15) is 4.31 Å². The van der Waals surface area contributed by atoms with Crippen molar-refractivity contribution in [2.45, 2.75) is 31.0 Å². The van der Waals surface area contributed by atoms with E-state index in [0.29, 0.717) is 0 Å². The molecule has 1 rings (SSSR count). The Hall–Kier alpha value is -0.700. The number of rotatable bonds is 6. The Bertz CT molecular complexity index is 542. The zero-order valence-electron chi connectivity index (χ0n) is 10.9. The summed E-state index contributed by atoms with van der Waals surface area (Å²) in [5.74, 6) is -0.337. The molecule has 1 heterocycles. The number of nitrogens with zero attached hydrogens (tertiary/aromatic N) is 2. The predicted molar refractivity (Wildman–Crippen MR) is 74.8 cm³/mol. The van der Waals surface area contributed by atoms with E-state index in [-0.39, 0.29) is 33.7 Å². The van der Waals surface area contributed by atoms with Gasteiger partial charge >= 0.3 is 0 Å². The Morgan fingerprint density at radius 1 is 1.58 bits per heavy atom. The maximum Gasteiger partial charge on any atom is 0.254 e. The molecule has 9 heteroatoms. The minimum absolute atomic E-state index is 0.0354. The minimum atomic E-state index is -3.72. The fourth-order valence-corrected chi connectivity index (χ4v) is 4.23. The molecule has 0 aliphatic rings. The van der Waals surface area contributed by atoms with Gasteiger partial charge in [0.15, 0.2) is 8.68 Å². The van der Waals surface area contributed by atoms with Gasteiger partial charge in [-0.3, -0.25) is 4.79 Å². The third-order valence-electron chi connectivity index (χ3n) is 2.17. The first-order valence-electron chi connectivity index (χ1n) is 5.68. The van der Waals surface area contributed by atoms with Gasteiger partial charge in [-0.05, 0) is 13.8 Å². The molecule has 0 bridgehead atoms. The van der Waals surface area contributed by atoms with Gasteiger partial charge < -0.3 is 5.32 Å². The predicted octanol–water partition coefficient (Wildman–Crippen LogP) is 1.33. The third-order valence-corrected chi connectivity index (χ3v) is 5.65. The Morgan fingerprint density at radius 3 is 2.63 bits per heavy atom. The standard InChI is InChI=1S/C10H16ClN3O3S2/c1-4-14(6-8(15)13-7(2)3)19(16,17)9-5-12-10(11)18-9/h5,7H,4,6H2,1-3H3,(H,13,15). The zero-order chi connectivity index (χ0) is 14.6.